The van der Waals surface area contributed by atoms with Crippen LogP contribution in [0, 0.1) is 0 Å². The summed E-state index contributed by atoms with van der Waals surface area (Å²) in [5, 5.41) is 4.22. The Balaban J connectivity index is 1.70. The fourth-order valence-electron chi connectivity index (χ4n) is 2.47. The lowest BCUT2D eigenvalue weighted by molar-refractivity contribution is 0.254. The van der Waals surface area contributed by atoms with E-state index < -0.39 is 0 Å². The van der Waals surface area contributed by atoms with E-state index in [9.17, 15) is 0 Å². The standard InChI is InChI=1S/C14H21ClN2/c1-17(14-4-2-3-5-14)11-10-16-13-8-6-12(15)7-9-13/h6-9,14,16H,2-5,10-11H2,1H3. The molecule has 0 heterocycles. The molecule has 0 radical (unpaired) electrons. The SMILES string of the molecule is CN(CCNc1ccc(Cl)cc1)C1CCCC1. The van der Waals surface area contributed by atoms with Gasteiger partial charge in [-0.05, 0) is 44.2 Å². The molecule has 0 amide bonds. The molecule has 2 rings (SSSR count). The maximum Gasteiger partial charge on any atom is 0.0407 e. The zero-order chi connectivity index (χ0) is 12.1. The molecule has 1 fully saturated rings. The van der Waals surface area contributed by atoms with Gasteiger partial charge in [0.25, 0.3) is 0 Å². The van der Waals surface area contributed by atoms with Crippen molar-refractivity contribution < 1.29 is 0 Å². The van der Waals surface area contributed by atoms with Crippen molar-refractivity contribution in [3.63, 3.8) is 0 Å². The molecular formula is C14H21ClN2. The number of benzene rings is 1. The molecule has 0 saturated heterocycles. The van der Waals surface area contributed by atoms with Crippen LogP contribution in [0.3, 0.4) is 0 Å². The number of hydrogen-bond acceptors (Lipinski definition) is 2. The van der Waals surface area contributed by atoms with Gasteiger partial charge in [-0.3, -0.25) is 0 Å². The van der Waals surface area contributed by atoms with Gasteiger partial charge in [0, 0.05) is 29.8 Å². The molecule has 0 unspecified atom stereocenters. The number of likely N-dealkylation sites (N-methyl/N-ethyl adjacent to an activating group) is 1. The summed E-state index contributed by atoms with van der Waals surface area (Å²) in [6.07, 6.45) is 5.55. The molecule has 0 bridgehead atoms. The monoisotopic (exact) mass is 252 g/mol. The number of halogens is 1. The van der Waals surface area contributed by atoms with E-state index in [2.05, 4.69) is 17.3 Å². The minimum Gasteiger partial charge on any atom is -0.384 e. The van der Waals surface area contributed by atoms with Crippen LogP contribution in [0.1, 0.15) is 25.7 Å². The van der Waals surface area contributed by atoms with Crippen LogP contribution in [0.15, 0.2) is 24.3 Å². The molecule has 0 atom stereocenters. The van der Waals surface area contributed by atoms with Crippen molar-refractivity contribution in [1.29, 1.82) is 0 Å². The smallest absolute Gasteiger partial charge is 0.0407 e. The third kappa shape index (κ3) is 3.90. The topological polar surface area (TPSA) is 15.3 Å². The summed E-state index contributed by atoms with van der Waals surface area (Å²) in [6, 6.07) is 8.70. The molecule has 1 aromatic rings. The largest absolute Gasteiger partial charge is 0.384 e. The zero-order valence-corrected chi connectivity index (χ0v) is 11.2. The van der Waals surface area contributed by atoms with E-state index in [4.69, 9.17) is 11.6 Å². The van der Waals surface area contributed by atoms with Gasteiger partial charge >= 0.3 is 0 Å². The maximum absolute atomic E-state index is 5.85. The number of anilines is 1. The lowest BCUT2D eigenvalue weighted by Crippen LogP contribution is -2.33. The Hall–Kier alpha value is -0.730. The van der Waals surface area contributed by atoms with Crippen molar-refractivity contribution in [3.05, 3.63) is 29.3 Å². The van der Waals surface area contributed by atoms with Gasteiger partial charge in [-0.25, -0.2) is 0 Å². The maximum atomic E-state index is 5.85. The average Bonchev–Trinajstić information content (AvgIpc) is 2.85. The van der Waals surface area contributed by atoms with Crippen molar-refractivity contribution in [1.82, 2.24) is 4.90 Å². The van der Waals surface area contributed by atoms with Gasteiger partial charge < -0.3 is 10.2 Å². The summed E-state index contributed by atoms with van der Waals surface area (Å²) in [5.41, 5.74) is 1.15. The predicted octanol–water partition coefficient (Wildman–Crippen LogP) is 3.63. The van der Waals surface area contributed by atoms with E-state index >= 15 is 0 Å². The number of rotatable bonds is 5. The first-order valence-corrected chi connectivity index (χ1v) is 6.83. The Labute approximate surface area is 109 Å². The van der Waals surface area contributed by atoms with Gasteiger partial charge in [-0.2, -0.15) is 0 Å². The lowest BCUT2D eigenvalue weighted by Gasteiger charge is -2.24. The van der Waals surface area contributed by atoms with Crippen LogP contribution < -0.4 is 5.32 Å². The van der Waals surface area contributed by atoms with Crippen molar-refractivity contribution >= 4 is 17.3 Å². The van der Waals surface area contributed by atoms with Crippen LogP contribution in [0.2, 0.25) is 5.02 Å². The van der Waals surface area contributed by atoms with Crippen molar-refractivity contribution in [2.45, 2.75) is 31.7 Å². The number of hydrogen-bond donors (Lipinski definition) is 1. The van der Waals surface area contributed by atoms with Gasteiger partial charge in [-0.15, -0.1) is 0 Å². The minimum absolute atomic E-state index is 0.790. The van der Waals surface area contributed by atoms with Crippen LogP contribution in [-0.4, -0.2) is 31.1 Å². The highest BCUT2D eigenvalue weighted by Gasteiger charge is 2.18. The summed E-state index contributed by atoms with van der Waals surface area (Å²) in [4.78, 5) is 2.48. The average molecular weight is 253 g/mol. The Morgan fingerprint density at radius 2 is 1.88 bits per heavy atom. The van der Waals surface area contributed by atoms with Gasteiger partial charge in [-0.1, -0.05) is 24.4 Å². The Kier molecular flexibility index (Phi) is 4.69. The molecule has 1 N–H and O–H groups in total. The molecule has 2 nitrogen and oxygen atoms in total. The van der Waals surface area contributed by atoms with Crippen LogP contribution in [0.4, 0.5) is 5.69 Å². The fourth-order valence-corrected chi connectivity index (χ4v) is 2.60. The Morgan fingerprint density at radius 1 is 1.24 bits per heavy atom. The predicted molar refractivity (Wildman–Crippen MR) is 74.8 cm³/mol. The van der Waals surface area contributed by atoms with Gasteiger partial charge in [0.1, 0.15) is 0 Å². The molecule has 1 aliphatic carbocycles. The summed E-state index contributed by atoms with van der Waals surface area (Å²) >= 11 is 5.85. The van der Waals surface area contributed by atoms with E-state index in [1.807, 2.05) is 24.3 Å². The molecule has 0 aromatic heterocycles. The first-order valence-electron chi connectivity index (χ1n) is 6.45. The van der Waals surface area contributed by atoms with E-state index in [0.717, 1.165) is 29.8 Å². The molecule has 0 spiro atoms. The van der Waals surface area contributed by atoms with E-state index in [-0.39, 0.29) is 0 Å². The van der Waals surface area contributed by atoms with Crippen LogP contribution in [0.5, 0.6) is 0 Å². The van der Waals surface area contributed by atoms with Crippen molar-refractivity contribution in [2.24, 2.45) is 0 Å². The lowest BCUT2D eigenvalue weighted by atomic mass is 10.2. The van der Waals surface area contributed by atoms with Crippen LogP contribution in [0.25, 0.3) is 0 Å². The van der Waals surface area contributed by atoms with Crippen molar-refractivity contribution in [2.75, 3.05) is 25.5 Å². The number of nitrogens with one attached hydrogen (secondary N) is 1. The molecule has 17 heavy (non-hydrogen) atoms. The number of nitrogens with zero attached hydrogens (tertiary/aromatic N) is 1. The van der Waals surface area contributed by atoms with E-state index in [0.29, 0.717) is 0 Å². The highest BCUT2D eigenvalue weighted by Crippen LogP contribution is 2.22. The highest BCUT2D eigenvalue weighted by molar-refractivity contribution is 6.30. The van der Waals surface area contributed by atoms with Gasteiger partial charge in [0.2, 0.25) is 0 Å². The third-order valence-electron chi connectivity index (χ3n) is 3.59. The Morgan fingerprint density at radius 3 is 2.53 bits per heavy atom. The van der Waals surface area contributed by atoms with Crippen molar-refractivity contribution in [3.8, 4) is 0 Å². The summed E-state index contributed by atoms with van der Waals surface area (Å²) in [7, 11) is 2.24. The molecule has 0 aliphatic heterocycles. The second-order valence-electron chi connectivity index (χ2n) is 4.85. The summed E-state index contributed by atoms with van der Waals surface area (Å²) in [5.74, 6) is 0. The van der Waals surface area contributed by atoms with E-state index in [1.54, 1.807) is 0 Å². The molecule has 1 aliphatic rings. The van der Waals surface area contributed by atoms with E-state index in [1.165, 1.54) is 25.7 Å². The minimum atomic E-state index is 0.790. The molecule has 1 aromatic carbocycles. The molecule has 3 heteroatoms. The zero-order valence-electron chi connectivity index (χ0n) is 10.5. The second-order valence-corrected chi connectivity index (χ2v) is 5.29. The van der Waals surface area contributed by atoms with Crippen LogP contribution >= 0.6 is 11.6 Å². The third-order valence-corrected chi connectivity index (χ3v) is 3.84. The molecule has 94 valence electrons. The summed E-state index contributed by atoms with van der Waals surface area (Å²) in [6.45, 7) is 2.10. The van der Waals surface area contributed by atoms with Gasteiger partial charge in [0.15, 0.2) is 0 Å². The second kappa shape index (κ2) is 6.27. The Bertz CT molecular complexity index is 331. The normalized spacial score (nSPS) is 16.6. The molecular weight excluding hydrogens is 232 g/mol. The summed E-state index contributed by atoms with van der Waals surface area (Å²) < 4.78 is 0. The quantitative estimate of drug-likeness (QED) is 0.861. The highest BCUT2D eigenvalue weighted by atomic mass is 35.5. The van der Waals surface area contributed by atoms with Gasteiger partial charge in [0.05, 0.1) is 0 Å². The first kappa shape index (κ1) is 12.7. The van der Waals surface area contributed by atoms with Crippen LogP contribution in [-0.2, 0) is 0 Å². The fraction of sp³-hybridized carbons (Fsp3) is 0.571. The molecule has 1 saturated carbocycles. The first-order chi connectivity index (χ1) is 8.25.